The van der Waals surface area contributed by atoms with Gasteiger partial charge in [0.2, 0.25) is 6.29 Å². The molecule has 17 nitrogen and oxygen atoms in total. The molecule has 0 amide bonds. The number of rotatable bonds is 8. The van der Waals surface area contributed by atoms with Gasteiger partial charge in [0.15, 0.2) is 0 Å². The highest BCUT2D eigenvalue weighted by Crippen LogP contribution is 2.64. The molecule has 1 saturated heterocycles. The first kappa shape index (κ1) is 25.6. The van der Waals surface area contributed by atoms with Crippen LogP contribution in [0, 0.1) is 0 Å². The van der Waals surface area contributed by atoms with Crippen molar-refractivity contribution in [1.29, 1.82) is 0 Å². The summed E-state index contributed by atoms with van der Waals surface area (Å²) in [5.74, 6) is 0. The van der Waals surface area contributed by atoms with Crippen LogP contribution >= 0.6 is 22.4 Å². The molecule has 30 heavy (non-hydrogen) atoms. The summed E-state index contributed by atoms with van der Waals surface area (Å²) in [6.45, 7) is -5.28. The number of H-pyrrole nitrogens is 1. The van der Waals surface area contributed by atoms with Gasteiger partial charge < -0.3 is 39.4 Å². The Balaban J connectivity index is 2.07. The SMILES string of the molecule is O=c1ccn([C@H]2C[C@H](O)[C@@H](C(O)O[S+]=P([O-])(O)OP(=O)(O)OP(=O)(O)O)O2)c(=O)[nH]1. The number of nitrogens with one attached hydrogen (secondary N) is 1. The number of aromatic amines is 1. The van der Waals surface area contributed by atoms with Gasteiger partial charge in [0.25, 0.3) is 5.56 Å². The number of phosphoric acid groups is 2. The van der Waals surface area contributed by atoms with Gasteiger partial charge in [-0.15, -0.1) is 0 Å². The third kappa shape index (κ3) is 7.49. The highest BCUT2D eigenvalue weighted by molar-refractivity contribution is 8.14. The van der Waals surface area contributed by atoms with Gasteiger partial charge in [0.05, 0.1) is 6.10 Å². The number of aromatic nitrogens is 2. The van der Waals surface area contributed by atoms with Crippen LogP contribution in [0.4, 0.5) is 0 Å². The van der Waals surface area contributed by atoms with Gasteiger partial charge in [-0.25, -0.2) is 18.2 Å². The van der Waals surface area contributed by atoms with Crippen molar-refractivity contribution in [1.82, 2.24) is 9.55 Å². The molecule has 1 aliphatic rings. The molecule has 21 heteroatoms. The Hall–Kier alpha value is -0.650. The number of hydrogen-bond donors (Lipinski definition) is 7. The van der Waals surface area contributed by atoms with Crippen LogP contribution < -0.4 is 16.1 Å². The monoisotopic (exact) mass is 516 g/mol. The molecule has 2 heterocycles. The van der Waals surface area contributed by atoms with Crippen LogP contribution in [0.5, 0.6) is 0 Å². The van der Waals surface area contributed by atoms with Crippen molar-refractivity contribution in [2.24, 2.45) is 0 Å². The summed E-state index contributed by atoms with van der Waals surface area (Å²) < 4.78 is 39.5. The molecule has 172 valence electrons. The number of nitrogens with zero attached hydrogens (tertiary/aromatic N) is 1. The Morgan fingerprint density at radius 3 is 2.47 bits per heavy atom. The maximum Gasteiger partial charge on any atom is 0.488 e. The van der Waals surface area contributed by atoms with Crippen molar-refractivity contribution in [3.63, 3.8) is 0 Å². The number of aliphatic hydroxyl groups excluding tert-OH is 2. The number of ether oxygens (including phenoxy) is 1. The lowest BCUT2D eigenvalue weighted by Gasteiger charge is -2.18. The summed E-state index contributed by atoms with van der Waals surface area (Å²) in [4.78, 5) is 71.8. The summed E-state index contributed by atoms with van der Waals surface area (Å²) in [6.07, 6.45) is -5.50. The van der Waals surface area contributed by atoms with Crippen LogP contribution in [0.2, 0.25) is 0 Å². The van der Waals surface area contributed by atoms with E-state index >= 15 is 0 Å². The van der Waals surface area contributed by atoms with Crippen molar-refractivity contribution in [3.8, 4) is 0 Å². The van der Waals surface area contributed by atoms with Gasteiger partial charge in [-0.2, -0.15) is 4.31 Å². The molecule has 0 spiro atoms. The smallest absolute Gasteiger partial charge is 0.488 e. The van der Waals surface area contributed by atoms with Gasteiger partial charge in [-0.05, 0) is 0 Å². The van der Waals surface area contributed by atoms with Gasteiger partial charge in [-0.1, -0.05) is 4.18 Å². The molecule has 1 aliphatic heterocycles. The Kier molecular flexibility index (Phi) is 8.07. The number of aliphatic hydroxyl groups is 2. The summed E-state index contributed by atoms with van der Waals surface area (Å²) in [6, 6.07) is 1.000. The van der Waals surface area contributed by atoms with Gasteiger partial charge >= 0.3 is 39.3 Å². The molecule has 2 rings (SSSR count). The molecule has 7 N–H and O–H groups in total. The van der Waals surface area contributed by atoms with Crippen LogP contribution in [0.3, 0.4) is 0 Å². The first-order chi connectivity index (χ1) is 13.6. The standard InChI is InChI=1S/C9H15N2O15P3S/c12-4-3-6(11-2-1-5(13)10-9(11)15)23-7(4)8(14)24-30-29(21,22)26-28(19,20)25-27(16,17)18/h1-2,4,6-8,12,14H,3H2,(H5-,10,13,15,16,17,18,19,20,21,22)/t4-,6+,7-,8?/m0/s1. The Bertz CT molecular complexity index is 1030. The maximum absolute atomic E-state index is 11.7. The van der Waals surface area contributed by atoms with Crippen LogP contribution in [-0.2, 0) is 37.9 Å². The lowest BCUT2D eigenvalue weighted by atomic mass is 10.2. The van der Waals surface area contributed by atoms with Crippen molar-refractivity contribution >= 4 is 33.6 Å². The average Bonchev–Trinajstić information content (AvgIpc) is 2.90. The van der Waals surface area contributed by atoms with Gasteiger partial charge in [-0.3, -0.25) is 14.3 Å². The molecule has 1 fully saturated rings. The third-order valence-electron chi connectivity index (χ3n) is 3.23. The fraction of sp³-hybridized carbons (Fsp3) is 0.556. The van der Waals surface area contributed by atoms with E-state index in [2.05, 4.69) is 12.8 Å². The fourth-order valence-electron chi connectivity index (χ4n) is 2.21. The third-order valence-corrected chi connectivity index (χ3v) is 8.45. The van der Waals surface area contributed by atoms with Crippen molar-refractivity contribution < 1.29 is 61.4 Å². The lowest BCUT2D eigenvalue weighted by molar-refractivity contribution is -0.195. The predicted octanol–water partition coefficient (Wildman–Crippen LogP) is -3.23. The summed E-state index contributed by atoms with van der Waals surface area (Å²) in [5.41, 5.74) is -1.56. The van der Waals surface area contributed by atoms with E-state index in [0.717, 1.165) is 16.8 Å². The Labute approximate surface area is 169 Å². The zero-order valence-electron chi connectivity index (χ0n) is 14.2. The molecule has 1 aromatic rings. The van der Waals surface area contributed by atoms with Crippen molar-refractivity contribution in [3.05, 3.63) is 33.1 Å². The molecule has 3 unspecified atom stereocenters. The van der Waals surface area contributed by atoms with E-state index in [0.29, 0.717) is 0 Å². The molecule has 0 aromatic carbocycles. The summed E-state index contributed by atoms with van der Waals surface area (Å²) in [5, 5.41) is 19.9. The van der Waals surface area contributed by atoms with Crippen LogP contribution in [0.25, 0.3) is 0 Å². The van der Waals surface area contributed by atoms with E-state index in [1.54, 1.807) is 0 Å². The first-order valence-corrected chi connectivity index (χ1v) is 13.4. The Morgan fingerprint density at radius 1 is 1.27 bits per heavy atom. The molecule has 1 aromatic heterocycles. The predicted molar refractivity (Wildman–Crippen MR) is 93.5 cm³/mol. The first-order valence-electron chi connectivity index (χ1n) is 7.40. The molecule has 0 bridgehead atoms. The molecular weight excluding hydrogens is 501 g/mol. The van der Waals surface area contributed by atoms with E-state index in [1.165, 1.54) is 0 Å². The largest absolute Gasteiger partial charge is 0.739 e. The minimum Gasteiger partial charge on any atom is -0.739 e. The zero-order valence-corrected chi connectivity index (χ0v) is 17.7. The highest BCUT2D eigenvalue weighted by atomic mass is 32.5. The second kappa shape index (κ2) is 9.46. The molecule has 0 radical (unpaired) electrons. The van der Waals surface area contributed by atoms with Crippen molar-refractivity contribution in [2.45, 2.75) is 31.1 Å². The van der Waals surface area contributed by atoms with Gasteiger partial charge in [0, 0.05) is 18.7 Å². The van der Waals surface area contributed by atoms with E-state index in [9.17, 15) is 38.7 Å². The second-order valence-corrected chi connectivity index (χ2v) is 11.9. The summed E-state index contributed by atoms with van der Waals surface area (Å²) in [7, 11) is -11.3. The van der Waals surface area contributed by atoms with Crippen LogP contribution in [-0.4, -0.2) is 57.8 Å². The van der Waals surface area contributed by atoms with Crippen molar-refractivity contribution in [2.75, 3.05) is 0 Å². The average molecular weight is 516 g/mol. The van der Waals surface area contributed by atoms with E-state index in [4.69, 9.17) is 19.4 Å². The zero-order chi connectivity index (χ0) is 22.9. The van der Waals surface area contributed by atoms with Crippen LogP contribution in [0.1, 0.15) is 12.6 Å². The summed E-state index contributed by atoms with van der Waals surface area (Å²) >= 11 is -0.603. The fourth-order valence-corrected chi connectivity index (χ4v) is 6.72. The Morgan fingerprint density at radius 2 is 1.90 bits per heavy atom. The van der Waals surface area contributed by atoms with E-state index < -0.39 is 69.6 Å². The molecular formula is C9H15N2O15P3S. The quantitative estimate of drug-likeness (QED) is 0.0775. The van der Waals surface area contributed by atoms with E-state index in [1.807, 2.05) is 4.98 Å². The maximum atomic E-state index is 11.7. The van der Waals surface area contributed by atoms with Crippen LogP contribution in [0.15, 0.2) is 21.9 Å². The van der Waals surface area contributed by atoms with Gasteiger partial charge in [0.1, 0.15) is 12.3 Å². The second-order valence-electron chi connectivity index (χ2n) is 5.53. The lowest BCUT2D eigenvalue weighted by Crippen LogP contribution is -2.36. The topological polar surface area (TPSA) is 270 Å². The molecule has 0 saturated carbocycles. The van der Waals surface area contributed by atoms with E-state index in [-0.39, 0.29) is 6.42 Å². The minimum atomic E-state index is -5.70. The normalized spacial score (nSPS) is 27.2. The molecule has 0 aliphatic carbocycles. The molecule has 6 atom stereocenters. The highest BCUT2D eigenvalue weighted by Gasteiger charge is 2.44. The number of hydrogen-bond acceptors (Lipinski definition) is 11. The minimum absolute atomic E-state index is 0.253.